The standard InChI is InChI=1S/C24H33N3S2/c1-4-5-6-7-8-14-19-24(28-20(2)3,29-21-15-10-9-11-16-21)27-23-18-13-12-17-22(23)25-26-27/h9-13,15-18,20H,4-8,14,19H2,1-3H3. The molecule has 156 valence electrons. The first-order chi connectivity index (χ1) is 14.1. The SMILES string of the molecule is CCCCCCCCC(Sc1ccccc1)(SC(C)C)n1nnc2ccccc21. The van der Waals surface area contributed by atoms with Gasteiger partial charge in [0.05, 0.1) is 5.52 Å². The highest BCUT2D eigenvalue weighted by Gasteiger charge is 2.37. The first-order valence-electron chi connectivity index (χ1n) is 10.9. The maximum absolute atomic E-state index is 4.67. The molecular formula is C24H33N3S2. The molecule has 2 aromatic carbocycles. The van der Waals surface area contributed by atoms with Crippen LogP contribution in [-0.2, 0) is 4.20 Å². The van der Waals surface area contributed by atoms with Crippen LogP contribution in [0.2, 0.25) is 0 Å². The summed E-state index contributed by atoms with van der Waals surface area (Å²) >= 11 is 3.93. The zero-order chi connectivity index (χ0) is 20.5. The molecule has 5 heteroatoms. The third-order valence-electron chi connectivity index (χ3n) is 4.96. The van der Waals surface area contributed by atoms with Gasteiger partial charge >= 0.3 is 0 Å². The first-order valence-corrected chi connectivity index (χ1v) is 12.6. The van der Waals surface area contributed by atoms with Crippen molar-refractivity contribution in [2.24, 2.45) is 0 Å². The van der Waals surface area contributed by atoms with Crippen molar-refractivity contribution in [1.82, 2.24) is 15.0 Å². The van der Waals surface area contributed by atoms with Crippen LogP contribution >= 0.6 is 23.5 Å². The van der Waals surface area contributed by atoms with Crippen LogP contribution in [0.5, 0.6) is 0 Å². The average Bonchev–Trinajstić information content (AvgIpc) is 3.15. The lowest BCUT2D eigenvalue weighted by Crippen LogP contribution is -2.29. The third-order valence-corrected chi connectivity index (χ3v) is 7.92. The fourth-order valence-electron chi connectivity index (χ4n) is 3.62. The lowest BCUT2D eigenvalue weighted by Gasteiger charge is -2.35. The quantitative estimate of drug-likeness (QED) is 0.168. The normalized spacial score (nSPS) is 13.8. The van der Waals surface area contributed by atoms with Gasteiger partial charge in [0.1, 0.15) is 5.52 Å². The summed E-state index contributed by atoms with van der Waals surface area (Å²) in [5, 5.41) is 9.65. The number of hydrogen-bond acceptors (Lipinski definition) is 4. The number of fused-ring (bicyclic) bond motifs is 1. The second-order valence-corrected chi connectivity index (χ2v) is 11.3. The van der Waals surface area contributed by atoms with E-state index in [1.54, 1.807) is 0 Å². The molecule has 0 amide bonds. The van der Waals surface area contributed by atoms with E-state index in [9.17, 15) is 0 Å². The topological polar surface area (TPSA) is 30.7 Å². The summed E-state index contributed by atoms with van der Waals surface area (Å²) < 4.78 is 1.99. The summed E-state index contributed by atoms with van der Waals surface area (Å²) in [4.78, 5) is 1.28. The van der Waals surface area contributed by atoms with Crippen molar-refractivity contribution in [3.05, 3.63) is 54.6 Å². The minimum absolute atomic E-state index is 0.198. The predicted octanol–water partition coefficient (Wildman–Crippen LogP) is 7.73. The summed E-state index contributed by atoms with van der Waals surface area (Å²) in [5.41, 5.74) is 2.09. The van der Waals surface area contributed by atoms with E-state index in [4.69, 9.17) is 0 Å². The minimum atomic E-state index is -0.198. The fraction of sp³-hybridized carbons (Fsp3) is 0.500. The van der Waals surface area contributed by atoms with E-state index in [0.29, 0.717) is 5.25 Å². The number of hydrogen-bond donors (Lipinski definition) is 0. The molecule has 1 aromatic heterocycles. The molecule has 0 saturated heterocycles. The van der Waals surface area contributed by atoms with Gasteiger partial charge in [-0.1, -0.05) is 100 Å². The van der Waals surface area contributed by atoms with Crippen LogP contribution in [0, 0.1) is 0 Å². The second-order valence-electron chi connectivity index (χ2n) is 7.80. The van der Waals surface area contributed by atoms with Gasteiger partial charge in [0.25, 0.3) is 0 Å². The Morgan fingerprint density at radius 1 is 0.897 bits per heavy atom. The first kappa shape index (κ1) is 22.2. The molecule has 29 heavy (non-hydrogen) atoms. The molecule has 3 aromatic rings. The highest BCUT2D eigenvalue weighted by molar-refractivity contribution is 8.17. The molecular weight excluding hydrogens is 394 g/mol. The van der Waals surface area contributed by atoms with Gasteiger partial charge in [0, 0.05) is 10.1 Å². The maximum Gasteiger partial charge on any atom is 0.160 e. The van der Waals surface area contributed by atoms with Crippen molar-refractivity contribution in [3.8, 4) is 0 Å². The molecule has 1 atom stereocenters. The molecule has 3 rings (SSSR count). The Hall–Kier alpha value is -1.46. The zero-order valence-corrected chi connectivity index (χ0v) is 19.5. The molecule has 1 heterocycles. The van der Waals surface area contributed by atoms with E-state index in [0.717, 1.165) is 17.5 Å². The monoisotopic (exact) mass is 427 g/mol. The Bertz CT molecular complexity index is 863. The smallest absolute Gasteiger partial charge is 0.160 e. The predicted molar refractivity (Wildman–Crippen MR) is 129 cm³/mol. The molecule has 0 aliphatic heterocycles. The van der Waals surface area contributed by atoms with E-state index < -0.39 is 0 Å². The molecule has 0 aliphatic rings. The number of nitrogens with zero attached hydrogens (tertiary/aromatic N) is 3. The highest BCUT2D eigenvalue weighted by atomic mass is 32.2. The van der Waals surface area contributed by atoms with Gasteiger partial charge in [-0.05, 0) is 37.1 Å². The van der Waals surface area contributed by atoms with Crippen LogP contribution < -0.4 is 0 Å². The average molecular weight is 428 g/mol. The molecule has 1 unspecified atom stereocenters. The van der Waals surface area contributed by atoms with Gasteiger partial charge in [0.2, 0.25) is 0 Å². The summed E-state index contributed by atoms with van der Waals surface area (Å²) in [7, 11) is 0. The van der Waals surface area contributed by atoms with Crippen LogP contribution in [0.3, 0.4) is 0 Å². The van der Waals surface area contributed by atoms with Gasteiger partial charge in [-0.2, -0.15) is 0 Å². The van der Waals surface area contributed by atoms with Gasteiger partial charge in [-0.15, -0.1) is 16.9 Å². The Morgan fingerprint density at radius 3 is 2.34 bits per heavy atom. The summed E-state index contributed by atoms with van der Waals surface area (Å²) in [5.74, 6) is 0. The molecule has 3 nitrogen and oxygen atoms in total. The molecule has 0 aliphatic carbocycles. The van der Waals surface area contributed by atoms with Crippen molar-refractivity contribution in [2.75, 3.05) is 0 Å². The van der Waals surface area contributed by atoms with Crippen molar-refractivity contribution < 1.29 is 0 Å². The van der Waals surface area contributed by atoms with Gasteiger partial charge in [0.15, 0.2) is 4.20 Å². The molecule has 0 saturated carbocycles. The largest absolute Gasteiger partial charge is 0.218 e. The number of unbranched alkanes of at least 4 members (excludes halogenated alkanes) is 5. The van der Waals surface area contributed by atoms with E-state index >= 15 is 0 Å². The van der Waals surface area contributed by atoms with E-state index in [1.165, 1.54) is 43.4 Å². The zero-order valence-electron chi connectivity index (χ0n) is 17.9. The lowest BCUT2D eigenvalue weighted by molar-refractivity contribution is 0.477. The molecule has 0 bridgehead atoms. The summed E-state index contributed by atoms with van der Waals surface area (Å²) in [6.45, 7) is 6.84. The molecule has 0 spiro atoms. The minimum Gasteiger partial charge on any atom is -0.218 e. The molecule has 0 fully saturated rings. The van der Waals surface area contributed by atoms with Crippen LogP contribution in [-0.4, -0.2) is 20.2 Å². The van der Waals surface area contributed by atoms with Crippen molar-refractivity contribution in [3.63, 3.8) is 0 Å². The highest BCUT2D eigenvalue weighted by Crippen LogP contribution is 2.51. The van der Waals surface area contributed by atoms with Gasteiger partial charge in [-0.25, -0.2) is 4.68 Å². The summed E-state index contributed by atoms with van der Waals surface area (Å²) in [6, 6.07) is 19.1. The van der Waals surface area contributed by atoms with Gasteiger partial charge < -0.3 is 0 Å². The number of thioether (sulfide) groups is 2. The maximum atomic E-state index is 4.67. The summed E-state index contributed by atoms with van der Waals surface area (Å²) in [6.07, 6.45) is 8.87. The van der Waals surface area contributed by atoms with Gasteiger partial charge in [-0.3, -0.25) is 0 Å². The van der Waals surface area contributed by atoms with Crippen LogP contribution in [0.4, 0.5) is 0 Å². The Balaban J connectivity index is 1.92. The fourth-order valence-corrected chi connectivity index (χ4v) is 7.04. The third kappa shape index (κ3) is 6.02. The number of aromatic nitrogens is 3. The Labute approximate surface area is 184 Å². The number of benzene rings is 2. The molecule has 0 N–H and O–H groups in total. The van der Waals surface area contributed by atoms with Crippen molar-refractivity contribution in [2.45, 2.75) is 80.1 Å². The van der Waals surface area contributed by atoms with E-state index in [2.05, 4.69) is 84.3 Å². The Kier molecular flexibility index (Phi) is 8.49. The molecule has 0 radical (unpaired) electrons. The van der Waals surface area contributed by atoms with Crippen LogP contribution in [0.1, 0.15) is 65.7 Å². The second kappa shape index (κ2) is 11.1. The Morgan fingerprint density at radius 2 is 1.59 bits per heavy atom. The lowest BCUT2D eigenvalue weighted by atomic mass is 10.1. The van der Waals surface area contributed by atoms with Crippen LogP contribution in [0.25, 0.3) is 11.0 Å². The number of rotatable bonds is 12. The number of para-hydroxylation sites is 1. The van der Waals surface area contributed by atoms with E-state index in [1.807, 2.05) is 29.6 Å². The van der Waals surface area contributed by atoms with Crippen molar-refractivity contribution in [1.29, 1.82) is 0 Å². The van der Waals surface area contributed by atoms with E-state index in [-0.39, 0.29) is 4.20 Å². The van der Waals surface area contributed by atoms with Crippen molar-refractivity contribution >= 4 is 34.6 Å². The van der Waals surface area contributed by atoms with Crippen LogP contribution in [0.15, 0.2) is 59.5 Å².